The molecule has 1 aliphatic carbocycles. The summed E-state index contributed by atoms with van der Waals surface area (Å²) in [6.45, 7) is 6.58. The highest BCUT2D eigenvalue weighted by Crippen LogP contribution is 2.35. The highest BCUT2D eigenvalue weighted by atomic mass is 35.5. The van der Waals surface area contributed by atoms with Crippen molar-refractivity contribution in [3.8, 4) is 11.5 Å². The van der Waals surface area contributed by atoms with E-state index in [2.05, 4.69) is 35.7 Å². The number of aromatic amines is 1. The van der Waals surface area contributed by atoms with Gasteiger partial charge in [-0.25, -0.2) is 22.8 Å². The van der Waals surface area contributed by atoms with Crippen molar-refractivity contribution in [2.24, 2.45) is 17.6 Å². The fraction of sp³-hybridized carbons (Fsp3) is 0.591. The van der Waals surface area contributed by atoms with Crippen molar-refractivity contribution in [3.05, 3.63) is 35.0 Å². The van der Waals surface area contributed by atoms with E-state index in [1.54, 1.807) is 6.07 Å². The van der Waals surface area contributed by atoms with Crippen LogP contribution >= 0.6 is 11.6 Å². The predicted octanol–water partition coefficient (Wildman–Crippen LogP) is 4.49. The molecule has 0 saturated heterocycles. The minimum absolute atomic E-state index is 0.213. The number of hydrogen-bond acceptors (Lipinski definition) is 5. The molecule has 3 rings (SSSR count). The number of imidazole rings is 1. The molecule has 10 heteroatoms. The van der Waals surface area contributed by atoms with Gasteiger partial charge >= 0.3 is 0 Å². The molecule has 0 unspecified atom stereocenters. The normalized spacial score (nSPS) is 19.9. The third-order valence-electron chi connectivity index (χ3n) is 6.06. The smallest absolute Gasteiger partial charge is 0.220 e. The molecule has 1 amide bonds. The number of carbonyl (C=O) groups is 1. The van der Waals surface area contributed by atoms with Crippen LogP contribution in [0.4, 0.5) is 4.39 Å². The van der Waals surface area contributed by atoms with Gasteiger partial charge in [0, 0.05) is 18.1 Å². The number of H-pyrrole nitrogens is 1. The molecule has 0 radical (unpaired) electrons. The van der Waals surface area contributed by atoms with Crippen molar-refractivity contribution in [1.82, 2.24) is 15.0 Å². The van der Waals surface area contributed by atoms with E-state index in [1.165, 1.54) is 18.5 Å². The van der Waals surface area contributed by atoms with Gasteiger partial charge in [-0.05, 0) is 37.3 Å². The second-order valence-electron chi connectivity index (χ2n) is 8.45. The SMILES string of the molecule is CCC[C@@H](c1[nH]c(-c2ccc(F)cn2)nc1Cl)[C@@H](C)CC.CS(=O)(=O)C1CC(C(N)=O)C1. The topological polar surface area (TPSA) is 119 Å². The summed E-state index contributed by atoms with van der Waals surface area (Å²) in [7, 11) is -2.94. The summed E-state index contributed by atoms with van der Waals surface area (Å²) in [5.74, 6) is 0.519. The number of pyridine rings is 1. The lowest BCUT2D eigenvalue weighted by atomic mass is 9.84. The molecule has 2 heterocycles. The number of nitrogens with one attached hydrogen (secondary N) is 1. The van der Waals surface area contributed by atoms with Crippen LogP contribution in [-0.4, -0.2) is 40.8 Å². The number of nitrogens with two attached hydrogens (primary N) is 1. The van der Waals surface area contributed by atoms with Crippen molar-refractivity contribution >= 4 is 27.3 Å². The summed E-state index contributed by atoms with van der Waals surface area (Å²) < 4.78 is 34.6. The van der Waals surface area contributed by atoms with Gasteiger partial charge in [-0.1, -0.05) is 45.2 Å². The number of nitrogens with zero attached hydrogens (tertiary/aromatic N) is 2. The summed E-state index contributed by atoms with van der Waals surface area (Å²) in [4.78, 5) is 22.2. The third kappa shape index (κ3) is 6.75. The van der Waals surface area contributed by atoms with E-state index in [0.717, 1.165) is 25.0 Å². The molecule has 7 nitrogen and oxygen atoms in total. The van der Waals surface area contributed by atoms with Crippen molar-refractivity contribution in [2.75, 3.05) is 6.26 Å². The minimum Gasteiger partial charge on any atom is -0.369 e. The number of rotatable bonds is 8. The van der Waals surface area contributed by atoms with Crippen LogP contribution in [0.5, 0.6) is 0 Å². The largest absolute Gasteiger partial charge is 0.369 e. The van der Waals surface area contributed by atoms with Crippen LogP contribution in [0.1, 0.15) is 64.5 Å². The summed E-state index contributed by atoms with van der Waals surface area (Å²) >= 11 is 6.31. The maximum absolute atomic E-state index is 12.9. The van der Waals surface area contributed by atoms with Crippen LogP contribution in [0.2, 0.25) is 5.15 Å². The third-order valence-corrected chi connectivity index (χ3v) is 7.94. The van der Waals surface area contributed by atoms with Crippen LogP contribution in [0.3, 0.4) is 0 Å². The zero-order chi connectivity index (χ0) is 24.1. The molecule has 1 fully saturated rings. The Morgan fingerprint density at radius 3 is 2.47 bits per heavy atom. The molecule has 0 bridgehead atoms. The molecule has 0 aromatic carbocycles. The number of hydrogen-bond donors (Lipinski definition) is 2. The van der Waals surface area contributed by atoms with Crippen LogP contribution in [0, 0.1) is 17.7 Å². The van der Waals surface area contributed by atoms with Crippen molar-refractivity contribution in [1.29, 1.82) is 0 Å². The summed E-state index contributed by atoms with van der Waals surface area (Å²) in [6.07, 6.45) is 6.44. The highest BCUT2D eigenvalue weighted by molar-refractivity contribution is 7.91. The molecule has 178 valence electrons. The lowest BCUT2D eigenvalue weighted by molar-refractivity contribution is -0.123. The van der Waals surface area contributed by atoms with Gasteiger partial charge in [-0.15, -0.1) is 0 Å². The van der Waals surface area contributed by atoms with Crippen molar-refractivity contribution in [3.63, 3.8) is 0 Å². The van der Waals surface area contributed by atoms with E-state index in [-0.39, 0.29) is 22.9 Å². The first kappa shape index (κ1) is 26.3. The monoisotopic (exact) mass is 486 g/mol. The zero-order valence-corrected chi connectivity index (χ0v) is 20.5. The first-order chi connectivity index (χ1) is 15.0. The molecule has 2 aromatic rings. The molecular formula is C22H32ClFN4O3S. The molecule has 2 aromatic heterocycles. The van der Waals surface area contributed by atoms with Gasteiger partial charge in [0.25, 0.3) is 0 Å². The highest BCUT2D eigenvalue weighted by Gasteiger charge is 2.39. The molecule has 32 heavy (non-hydrogen) atoms. The van der Waals surface area contributed by atoms with Gasteiger partial charge in [-0.3, -0.25) is 4.79 Å². The van der Waals surface area contributed by atoms with Gasteiger partial charge in [0.2, 0.25) is 5.91 Å². The number of primary amides is 1. The average molecular weight is 487 g/mol. The number of carbonyl (C=O) groups excluding carboxylic acids is 1. The number of sulfone groups is 1. The number of aromatic nitrogens is 3. The van der Waals surface area contributed by atoms with Crippen LogP contribution in [0.25, 0.3) is 11.5 Å². The number of amides is 1. The second kappa shape index (κ2) is 11.2. The first-order valence-electron chi connectivity index (χ1n) is 10.8. The fourth-order valence-electron chi connectivity index (χ4n) is 3.70. The Labute approximate surface area is 194 Å². The van der Waals surface area contributed by atoms with Gasteiger partial charge in [0.05, 0.1) is 17.1 Å². The minimum atomic E-state index is -2.94. The first-order valence-corrected chi connectivity index (χ1v) is 13.2. The summed E-state index contributed by atoms with van der Waals surface area (Å²) in [6, 6.07) is 2.98. The van der Waals surface area contributed by atoms with E-state index in [1.807, 2.05) is 0 Å². The van der Waals surface area contributed by atoms with Crippen LogP contribution < -0.4 is 5.73 Å². The van der Waals surface area contributed by atoms with E-state index < -0.39 is 9.84 Å². The van der Waals surface area contributed by atoms with Gasteiger partial charge < -0.3 is 10.7 Å². The molecule has 0 aliphatic heterocycles. The van der Waals surface area contributed by atoms with Crippen molar-refractivity contribution in [2.45, 2.75) is 64.0 Å². The number of halogens is 2. The Balaban J connectivity index is 0.000000278. The Kier molecular flexibility index (Phi) is 9.21. The van der Waals surface area contributed by atoms with Crippen LogP contribution in [0.15, 0.2) is 18.3 Å². The molecule has 1 aliphatic rings. The van der Waals surface area contributed by atoms with E-state index in [0.29, 0.717) is 41.3 Å². The Morgan fingerprint density at radius 2 is 2.00 bits per heavy atom. The van der Waals surface area contributed by atoms with Gasteiger partial charge in [0.15, 0.2) is 11.0 Å². The Bertz CT molecular complexity index is 1000. The predicted molar refractivity (Wildman–Crippen MR) is 124 cm³/mol. The molecule has 0 spiro atoms. The fourth-order valence-corrected chi connectivity index (χ4v) is 5.14. The zero-order valence-electron chi connectivity index (χ0n) is 18.9. The summed E-state index contributed by atoms with van der Waals surface area (Å²) in [5, 5.41) is 0.162. The average Bonchev–Trinajstić information content (AvgIpc) is 3.05. The molecular weight excluding hydrogens is 455 g/mol. The lowest BCUT2D eigenvalue weighted by Gasteiger charge is -2.31. The maximum atomic E-state index is 12.9. The van der Waals surface area contributed by atoms with E-state index >= 15 is 0 Å². The second-order valence-corrected chi connectivity index (χ2v) is 11.1. The molecule has 3 N–H and O–H groups in total. The lowest BCUT2D eigenvalue weighted by Crippen LogP contribution is -2.42. The quantitative estimate of drug-likeness (QED) is 0.569. The van der Waals surface area contributed by atoms with E-state index in [9.17, 15) is 17.6 Å². The molecule has 1 saturated carbocycles. The van der Waals surface area contributed by atoms with Gasteiger partial charge in [0.1, 0.15) is 21.3 Å². The van der Waals surface area contributed by atoms with Gasteiger partial charge in [-0.2, -0.15) is 0 Å². The van der Waals surface area contributed by atoms with Crippen LogP contribution in [-0.2, 0) is 14.6 Å². The van der Waals surface area contributed by atoms with E-state index in [4.69, 9.17) is 17.3 Å². The molecule has 2 atom stereocenters. The standard InChI is InChI=1S/C16H21ClFN3.C6H11NO3S/c1-4-6-12(10(3)5-2)14-15(17)21-16(20-14)13-8-7-11(18)9-19-13;1-11(9,10)5-2-4(3-5)6(7)8/h7-10,12H,4-6H2,1-3H3,(H,20,21);4-5H,2-3H2,1H3,(H2,7,8)/t10-,12+;/m0./s1. The summed E-state index contributed by atoms with van der Waals surface area (Å²) in [5.41, 5.74) is 6.54. The Hall–Kier alpha value is -2.00. The Morgan fingerprint density at radius 1 is 1.34 bits per heavy atom. The van der Waals surface area contributed by atoms with Crippen molar-refractivity contribution < 1.29 is 17.6 Å². The maximum Gasteiger partial charge on any atom is 0.220 e.